The molecule has 19 heavy (non-hydrogen) atoms. The van der Waals surface area contributed by atoms with E-state index in [9.17, 15) is 0 Å². The Hall–Kier alpha value is -2.54. The van der Waals surface area contributed by atoms with E-state index >= 15 is 0 Å². The van der Waals surface area contributed by atoms with Gasteiger partial charge in [0.15, 0.2) is 11.5 Å². The summed E-state index contributed by atoms with van der Waals surface area (Å²) in [5.41, 5.74) is 1.40. The van der Waals surface area contributed by atoms with Gasteiger partial charge in [-0.1, -0.05) is 12.1 Å². The molecule has 0 spiro atoms. The zero-order valence-electron chi connectivity index (χ0n) is 10.8. The predicted octanol–water partition coefficient (Wildman–Crippen LogP) is 3.10. The number of nitriles is 1. The standard InChI is InChI=1S/C15H14N2O2/c1-11(13-6-4-8-17-10-13)19-15-12(9-16)5-3-7-14(15)18-2/h3-8,10-11H,1-2H3. The van der Waals surface area contributed by atoms with E-state index < -0.39 is 0 Å². The van der Waals surface area contributed by atoms with Gasteiger partial charge in [-0.25, -0.2) is 0 Å². The summed E-state index contributed by atoms with van der Waals surface area (Å²) in [5, 5.41) is 9.12. The highest BCUT2D eigenvalue weighted by molar-refractivity contribution is 5.52. The maximum Gasteiger partial charge on any atom is 0.179 e. The lowest BCUT2D eigenvalue weighted by atomic mass is 10.1. The van der Waals surface area contributed by atoms with Gasteiger partial charge < -0.3 is 9.47 Å². The van der Waals surface area contributed by atoms with Crippen LogP contribution in [0.5, 0.6) is 11.5 Å². The number of rotatable bonds is 4. The number of benzene rings is 1. The summed E-state index contributed by atoms with van der Waals surface area (Å²) in [6.45, 7) is 1.91. The van der Waals surface area contributed by atoms with Gasteiger partial charge >= 0.3 is 0 Å². The van der Waals surface area contributed by atoms with Gasteiger partial charge in [-0.15, -0.1) is 0 Å². The van der Waals surface area contributed by atoms with E-state index in [4.69, 9.17) is 14.7 Å². The second-order valence-electron chi connectivity index (χ2n) is 4.00. The summed E-state index contributed by atoms with van der Waals surface area (Å²) in [5.74, 6) is 1.01. The van der Waals surface area contributed by atoms with E-state index in [0.717, 1.165) is 5.56 Å². The van der Waals surface area contributed by atoms with Gasteiger partial charge in [0, 0.05) is 18.0 Å². The quantitative estimate of drug-likeness (QED) is 0.841. The Morgan fingerprint density at radius 1 is 1.26 bits per heavy atom. The molecule has 1 heterocycles. The van der Waals surface area contributed by atoms with Gasteiger partial charge in [0.05, 0.1) is 12.7 Å². The zero-order valence-corrected chi connectivity index (χ0v) is 10.8. The Morgan fingerprint density at radius 2 is 2.11 bits per heavy atom. The molecule has 0 N–H and O–H groups in total. The first-order valence-corrected chi connectivity index (χ1v) is 5.90. The lowest BCUT2D eigenvalue weighted by molar-refractivity contribution is 0.215. The predicted molar refractivity (Wildman–Crippen MR) is 71.0 cm³/mol. The zero-order chi connectivity index (χ0) is 13.7. The van der Waals surface area contributed by atoms with Crippen molar-refractivity contribution in [3.8, 4) is 17.6 Å². The lowest BCUT2D eigenvalue weighted by Gasteiger charge is -2.17. The summed E-state index contributed by atoms with van der Waals surface area (Å²) >= 11 is 0. The molecule has 4 nitrogen and oxygen atoms in total. The molecule has 0 bridgehead atoms. The SMILES string of the molecule is COc1cccc(C#N)c1OC(C)c1cccnc1. The molecule has 1 aromatic heterocycles. The third kappa shape index (κ3) is 2.83. The van der Waals surface area contributed by atoms with Gasteiger partial charge in [0.2, 0.25) is 0 Å². The second kappa shape index (κ2) is 5.87. The molecule has 0 saturated carbocycles. The molecular weight excluding hydrogens is 240 g/mol. The van der Waals surface area contributed by atoms with Crippen molar-refractivity contribution in [3.63, 3.8) is 0 Å². The normalized spacial score (nSPS) is 11.4. The van der Waals surface area contributed by atoms with Crippen LogP contribution < -0.4 is 9.47 Å². The van der Waals surface area contributed by atoms with E-state index in [0.29, 0.717) is 17.1 Å². The van der Waals surface area contributed by atoms with Crippen LogP contribution >= 0.6 is 0 Å². The highest BCUT2D eigenvalue weighted by atomic mass is 16.5. The minimum absolute atomic E-state index is 0.211. The minimum Gasteiger partial charge on any atom is -0.493 e. The number of pyridine rings is 1. The molecule has 4 heteroatoms. The topological polar surface area (TPSA) is 55.1 Å². The Labute approximate surface area is 112 Å². The van der Waals surface area contributed by atoms with E-state index in [1.807, 2.05) is 19.1 Å². The maximum atomic E-state index is 9.12. The van der Waals surface area contributed by atoms with Crippen molar-refractivity contribution in [3.05, 3.63) is 53.9 Å². The first kappa shape index (κ1) is 12.9. The molecule has 0 aliphatic carbocycles. The molecule has 96 valence electrons. The Balaban J connectivity index is 2.31. The number of para-hydroxylation sites is 1. The van der Waals surface area contributed by atoms with E-state index in [1.165, 1.54) is 0 Å². The molecule has 0 saturated heterocycles. The number of ether oxygens (including phenoxy) is 2. The fourth-order valence-corrected chi connectivity index (χ4v) is 1.75. The summed E-state index contributed by atoms with van der Waals surface area (Å²) < 4.78 is 11.1. The summed E-state index contributed by atoms with van der Waals surface area (Å²) in [7, 11) is 1.55. The first-order chi connectivity index (χ1) is 9.26. The van der Waals surface area contributed by atoms with Gasteiger partial charge in [-0.2, -0.15) is 5.26 Å². The number of methoxy groups -OCH3 is 1. The molecule has 2 rings (SSSR count). The van der Waals surface area contributed by atoms with Crippen molar-refractivity contribution in [2.45, 2.75) is 13.0 Å². The largest absolute Gasteiger partial charge is 0.493 e. The number of hydrogen-bond donors (Lipinski definition) is 0. The Bertz CT molecular complexity index is 591. The second-order valence-corrected chi connectivity index (χ2v) is 4.00. The molecule has 0 radical (unpaired) electrons. The molecule has 0 aliphatic rings. The van der Waals surface area contributed by atoms with Crippen LogP contribution in [0.1, 0.15) is 24.2 Å². The summed E-state index contributed by atoms with van der Waals surface area (Å²) in [6.07, 6.45) is 3.24. The highest BCUT2D eigenvalue weighted by Crippen LogP contribution is 2.34. The van der Waals surface area contributed by atoms with Crippen LogP contribution in [-0.4, -0.2) is 12.1 Å². The summed E-state index contributed by atoms with van der Waals surface area (Å²) in [4.78, 5) is 4.06. The third-order valence-electron chi connectivity index (χ3n) is 2.77. The fraction of sp³-hybridized carbons (Fsp3) is 0.200. The number of aromatic nitrogens is 1. The van der Waals surface area contributed by atoms with Crippen LogP contribution in [0.4, 0.5) is 0 Å². The van der Waals surface area contributed by atoms with Crippen molar-refractivity contribution >= 4 is 0 Å². The van der Waals surface area contributed by atoms with E-state index in [2.05, 4.69) is 11.1 Å². The fourth-order valence-electron chi connectivity index (χ4n) is 1.75. The molecule has 1 unspecified atom stereocenters. The third-order valence-corrected chi connectivity index (χ3v) is 2.77. The molecule has 0 aliphatic heterocycles. The maximum absolute atomic E-state index is 9.12. The first-order valence-electron chi connectivity index (χ1n) is 5.90. The smallest absolute Gasteiger partial charge is 0.179 e. The van der Waals surface area contributed by atoms with Crippen molar-refractivity contribution in [1.82, 2.24) is 4.98 Å². The van der Waals surface area contributed by atoms with Crippen LogP contribution in [0.3, 0.4) is 0 Å². The molecule has 1 aromatic carbocycles. The lowest BCUT2D eigenvalue weighted by Crippen LogP contribution is -2.05. The van der Waals surface area contributed by atoms with Gasteiger partial charge in [-0.3, -0.25) is 4.98 Å². The number of nitrogens with zero attached hydrogens (tertiary/aromatic N) is 2. The average molecular weight is 254 g/mol. The van der Waals surface area contributed by atoms with Gasteiger partial charge in [0.25, 0.3) is 0 Å². The molecule has 2 aromatic rings. The van der Waals surface area contributed by atoms with Gasteiger partial charge in [0.1, 0.15) is 12.2 Å². The van der Waals surface area contributed by atoms with Crippen LogP contribution in [0.25, 0.3) is 0 Å². The van der Waals surface area contributed by atoms with Crippen molar-refractivity contribution in [2.75, 3.05) is 7.11 Å². The van der Waals surface area contributed by atoms with Gasteiger partial charge in [-0.05, 0) is 25.1 Å². The monoisotopic (exact) mass is 254 g/mol. The van der Waals surface area contributed by atoms with Crippen LogP contribution in [0.15, 0.2) is 42.7 Å². The molecule has 1 atom stereocenters. The summed E-state index contributed by atoms with van der Waals surface area (Å²) in [6, 6.07) is 11.1. The Kier molecular flexibility index (Phi) is 3.99. The molecule has 0 amide bonds. The highest BCUT2D eigenvalue weighted by Gasteiger charge is 2.15. The van der Waals surface area contributed by atoms with Crippen LogP contribution in [-0.2, 0) is 0 Å². The molecule has 0 fully saturated rings. The Morgan fingerprint density at radius 3 is 2.74 bits per heavy atom. The van der Waals surface area contributed by atoms with E-state index in [-0.39, 0.29) is 6.10 Å². The van der Waals surface area contributed by atoms with Crippen LogP contribution in [0.2, 0.25) is 0 Å². The minimum atomic E-state index is -0.211. The average Bonchev–Trinajstić information content (AvgIpc) is 2.48. The van der Waals surface area contributed by atoms with Crippen LogP contribution in [0, 0.1) is 11.3 Å². The number of hydrogen-bond acceptors (Lipinski definition) is 4. The van der Waals surface area contributed by atoms with Crippen molar-refractivity contribution in [1.29, 1.82) is 5.26 Å². The van der Waals surface area contributed by atoms with Crippen molar-refractivity contribution < 1.29 is 9.47 Å². The molecular formula is C15H14N2O2. The van der Waals surface area contributed by atoms with Crippen molar-refractivity contribution in [2.24, 2.45) is 0 Å². The van der Waals surface area contributed by atoms with E-state index in [1.54, 1.807) is 37.7 Å².